The minimum atomic E-state index is -0.296. The highest BCUT2D eigenvalue weighted by Gasteiger charge is 2.23. The monoisotopic (exact) mass is 498 g/mol. The number of nitrogens with one attached hydrogen (secondary N) is 1. The van der Waals surface area contributed by atoms with Crippen molar-refractivity contribution < 1.29 is 9.13 Å². The fourth-order valence-corrected chi connectivity index (χ4v) is 4.69. The Kier molecular flexibility index (Phi) is 5.79. The SMILES string of the molecule is C[C@H]1CC(NCC2=Nc3c(-c4cnc5ccc(F)cc5c4)cnn3C(N)=C(Br)C2)CCO1. The van der Waals surface area contributed by atoms with Crippen LogP contribution in [-0.4, -0.2) is 45.8 Å². The van der Waals surface area contributed by atoms with Gasteiger partial charge in [-0.3, -0.25) is 4.98 Å². The minimum absolute atomic E-state index is 0.262. The third-order valence-corrected chi connectivity index (χ3v) is 6.59. The maximum absolute atomic E-state index is 13.7. The Bertz CT molecular complexity index is 1240. The van der Waals surface area contributed by atoms with Gasteiger partial charge >= 0.3 is 0 Å². The van der Waals surface area contributed by atoms with Crippen LogP contribution in [0, 0.1) is 5.82 Å². The van der Waals surface area contributed by atoms with Crippen molar-refractivity contribution in [3.05, 3.63) is 47.0 Å². The molecule has 4 heterocycles. The third-order valence-electron chi connectivity index (χ3n) is 5.91. The molecule has 0 radical (unpaired) electrons. The van der Waals surface area contributed by atoms with Crippen LogP contribution in [0.15, 0.2) is 46.1 Å². The van der Waals surface area contributed by atoms with Crippen molar-refractivity contribution in [2.75, 3.05) is 13.2 Å². The maximum Gasteiger partial charge on any atom is 0.165 e. The number of benzene rings is 1. The summed E-state index contributed by atoms with van der Waals surface area (Å²) in [5, 5.41) is 8.82. The summed E-state index contributed by atoms with van der Waals surface area (Å²) in [6.45, 7) is 3.52. The Morgan fingerprint density at radius 3 is 3.03 bits per heavy atom. The molecule has 0 saturated carbocycles. The summed E-state index contributed by atoms with van der Waals surface area (Å²) in [6, 6.07) is 6.86. The van der Waals surface area contributed by atoms with E-state index in [1.165, 1.54) is 12.1 Å². The predicted octanol–water partition coefficient (Wildman–Crippen LogP) is 4.35. The molecule has 32 heavy (non-hydrogen) atoms. The number of nitrogens with two attached hydrogens (primary N) is 1. The van der Waals surface area contributed by atoms with Crippen LogP contribution in [0.3, 0.4) is 0 Å². The Morgan fingerprint density at radius 1 is 1.31 bits per heavy atom. The summed E-state index contributed by atoms with van der Waals surface area (Å²) in [5.41, 5.74) is 9.66. The zero-order valence-electron chi connectivity index (χ0n) is 17.7. The number of halogens is 2. The van der Waals surface area contributed by atoms with Crippen LogP contribution in [0.4, 0.5) is 10.2 Å². The average molecular weight is 499 g/mol. The number of nitrogens with zero attached hydrogens (tertiary/aromatic N) is 4. The lowest BCUT2D eigenvalue weighted by Crippen LogP contribution is -2.40. The molecule has 2 atom stereocenters. The summed E-state index contributed by atoms with van der Waals surface area (Å²) in [5.74, 6) is 0.853. The summed E-state index contributed by atoms with van der Waals surface area (Å²) < 4.78 is 21.9. The van der Waals surface area contributed by atoms with E-state index in [0.717, 1.165) is 51.7 Å². The van der Waals surface area contributed by atoms with Crippen molar-refractivity contribution in [3.8, 4) is 11.1 Å². The van der Waals surface area contributed by atoms with Crippen LogP contribution >= 0.6 is 15.9 Å². The molecule has 2 aliphatic rings. The van der Waals surface area contributed by atoms with Crippen molar-refractivity contribution in [3.63, 3.8) is 0 Å². The second-order valence-corrected chi connectivity index (χ2v) is 9.24. The Labute approximate surface area is 193 Å². The predicted molar refractivity (Wildman–Crippen MR) is 127 cm³/mol. The lowest BCUT2D eigenvalue weighted by Gasteiger charge is -2.28. The number of allylic oxidation sites excluding steroid dienone is 1. The fourth-order valence-electron chi connectivity index (χ4n) is 4.20. The largest absolute Gasteiger partial charge is 0.383 e. The number of aliphatic imine (C=N–C) groups is 1. The van der Waals surface area contributed by atoms with Gasteiger partial charge in [0.1, 0.15) is 11.6 Å². The van der Waals surface area contributed by atoms with E-state index in [2.05, 4.69) is 38.3 Å². The highest BCUT2D eigenvalue weighted by molar-refractivity contribution is 9.11. The number of hydrogen-bond acceptors (Lipinski definition) is 6. The molecule has 2 aromatic heterocycles. The van der Waals surface area contributed by atoms with E-state index in [4.69, 9.17) is 15.5 Å². The second kappa shape index (κ2) is 8.73. The molecule has 3 aromatic rings. The first-order chi connectivity index (χ1) is 15.5. The molecule has 9 heteroatoms. The first kappa shape index (κ1) is 21.2. The summed E-state index contributed by atoms with van der Waals surface area (Å²) in [6.07, 6.45) is 6.31. The van der Waals surface area contributed by atoms with Gasteiger partial charge in [-0.25, -0.2) is 9.38 Å². The van der Waals surface area contributed by atoms with Crippen LogP contribution in [0.2, 0.25) is 0 Å². The third kappa shape index (κ3) is 4.20. The van der Waals surface area contributed by atoms with Gasteiger partial charge in [-0.2, -0.15) is 9.78 Å². The van der Waals surface area contributed by atoms with Crippen molar-refractivity contribution in [2.45, 2.75) is 38.3 Å². The number of pyridine rings is 1. The van der Waals surface area contributed by atoms with E-state index in [1.807, 2.05) is 6.07 Å². The van der Waals surface area contributed by atoms with E-state index < -0.39 is 0 Å². The number of ether oxygens (including phenoxy) is 1. The van der Waals surface area contributed by atoms with Gasteiger partial charge in [0.25, 0.3) is 0 Å². The highest BCUT2D eigenvalue weighted by atomic mass is 79.9. The van der Waals surface area contributed by atoms with Gasteiger partial charge in [0.2, 0.25) is 0 Å². The molecule has 0 amide bonds. The molecule has 0 spiro atoms. The lowest BCUT2D eigenvalue weighted by atomic mass is 10.0. The standard InChI is InChI=1S/C23H24BrFN6O/c1-13-6-17(4-5-32-13)27-11-18-9-20(24)22(26)31-23(30-18)19(12-29-31)15-7-14-8-16(25)2-3-21(14)28-10-15/h2-3,7-8,10,12-13,17,27H,4-6,9,11,26H2,1H3/t13-,17?/m0/s1. The quantitative estimate of drug-likeness (QED) is 0.557. The topological polar surface area (TPSA) is 90.4 Å². The van der Waals surface area contributed by atoms with E-state index in [0.29, 0.717) is 30.6 Å². The molecule has 1 aromatic carbocycles. The molecule has 7 nitrogen and oxygen atoms in total. The zero-order chi connectivity index (χ0) is 22.2. The van der Waals surface area contributed by atoms with Gasteiger partial charge in [-0.1, -0.05) is 15.9 Å². The molecule has 3 N–H and O–H groups in total. The van der Waals surface area contributed by atoms with Crippen LogP contribution < -0.4 is 11.1 Å². The fraction of sp³-hybridized carbons (Fsp3) is 0.348. The van der Waals surface area contributed by atoms with Gasteiger partial charge < -0.3 is 15.8 Å². The van der Waals surface area contributed by atoms with Crippen molar-refractivity contribution in [1.82, 2.24) is 20.1 Å². The Hall–Kier alpha value is -2.62. The van der Waals surface area contributed by atoms with E-state index in [-0.39, 0.29) is 11.9 Å². The van der Waals surface area contributed by atoms with Gasteiger partial charge in [-0.05, 0) is 44.0 Å². The number of aromatic nitrogens is 3. The first-order valence-corrected chi connectivity index (χ1v) is 11.5. The molecule has 0 bridgehead atoms. The number of hydrogen-bond donors (Lipinski definition) is 2. The van der Waals surface area contributed by atoms with Crippen LogP contribution in [0.1, 0.15) is 26.2 Å². The average Bonchev–Trinajstić information content (AvgIpc) is 3.14. The van der Waals surface area contributed by atoms with Crippen LogP contribution in [-0.2, 0) is 4.74 Å². The molecule has 166 valence electrons. The Morgan fingerprint density at radius 2 is 2.19 bits per heavy atom. The summed E-state index contributed by atoms with van der Waals surface area (Å²) in [4.78, 5) is 9.43. The summed E-state index contributed by atoms with van der Waals surface area (Å²) >= 11 is 3.61. The van der Waals surface area contributed by atoms with E-state index in [1.54, 1.807) is 23.1 Å². The second-order valence-electron chi connectivity index (χ2n) is 8.28. The van der Waals surface area contributed by atoms with E-state index >= 15 is 0 Å². The molecule has 1 fully saturated rings. The number of fused-ring (bicyclic) bond motifs is 2. The molecule has 1 saturated heterocycles. The lowest BCUT2D eigenvalue weighted by molar-refractivity contribution is 0.0142. The van der Waals surface area contributed by atoms with Crippen LogP contribution in [0.25, 0.3) is 27.9 Å². The first-order valence-electron chi connectivity index (χ1n) is 10.7. The molecular weight excluding hydrogens is 475 g/mol. The molecule has 0 aliphatic carbocycles. The Balaban J connectivity index is 1.49. The van der Waals surface area contributed by atoms with Gasteiger partial charge in [0.15, 0.2) is 5.82 Å². The van der Waals surface area contributed by atoms with Crippen LogP contribution in [0.5, 0.6) is 0 Å². The maximum atomic E-state index is 13.7. The van der Waals surface area contributed by atoms with Gasteiger partial charge in [0.05, 0.1) is 17.8 Å². The highest BCUT2D eigenvalue weighted by Crippen LogP contribution is 2.36. The van der Waals surface area contributed by atoms with Gasteiger partial charge in [0, 0.05) is 58.5 Å². The van der Waals surface area contributed by atoms with Crippen molar-refractivity contribution in [2.24, 2.45) is 10.7 Å². The molecule has 2 aliphatic heterocycles. The van der Waals surface area contributed by atoms with Gasteiger partial charge in [-0.15, -0.1) is 0 Å². The smallest absolute Gasteiger partial charge is 0.165 e. The van der Waals surface area contributed by atoms with Crippen molar-refractivity contribution in [1.29, 1.82) is 0 Å². The number of rotatable bonds is 4. The zero-order valence-corrected chi connectivity index (χ0v) is 19.3. The normalized spacial score (nSPS) is 21.4. The molecular formula is C23H24BrFN6O. The minimum Gasteiger partial charge on any atom is -0.383 e. The van der Waals surface area contributed by atoms with Crippen molar-refractivity contribution >= 4 is 44.2 Å². The molecule has 5 rings (SSSR count). The molecule has 1 unspecified atom stereocenters. The van der Waals surface area contributed by atoms with E-state index in [9.17, 15) is 4.39 Å². The summed E-state index contributed by atoms with van der Waals surface area (Å²) in [7, 11) is 0.